The third kappa shape index (κ3) is 4.06. The molecule has 1 atom stereocenters. The number of nitro groups is 1. The van der Waals surface area contributed by atoms with Crippen LogP contribution in [-0.2, 0) is 4.74 Å². The van der Waals surface area contributed by atoms with Crippen molar-refractivity contribution in [1.29, 1.82) is 0 Å². The Morgan fingerprint density at radius 3 is 2.56 bits per heavy atom. The lowest BCUT2D eigenvalue weighted by atomic mass is 10.1. The van der Waals surface area contributed by atoms with Gasteiger partial charge in [0.1, 0.15) is 0 Å². The first kappa shape index (κ1) is 18.8. The van der Waals surface area contributed by atoms with Gasteiger partial charge in [-0.1, -0.05) is 0 Å². The van der Waals surface area contributed by atoms with Crippen LogP contribution >= 0.6 is 0 Å². The number of hydrogen-bond acceptors (Lipinski definition) is 6. The number of carbonyl (C=O) groups excluding carboxylic acids is 1. The molecule has 1 fully saturated rings. The molecule has 8 nitrogen and oxygen atoms in total. The minimum absolute atomic E-state index is 0.0969. The highest BCUT2D eigenvalue weighted by molar-refractivity contribution is 6.00. The van der Waals surface area contributed by atoms with Gasteiger partial charge >= 0.3 is 0 Å². The van der Waals surface area contributed by atoms with Crippen molar-refractivity contribution < 1.29 is 14.5 Å². The van der Waals surface area contributed by atoms with E-state index < -0.39 is 4.92 Å². The molecule has 1 aliphatic heterocycles. The van der Waals surface area contributed by atoms with Gasteiger partial charge in [0.2, 0.25) is 0 Å². The van der Waals surface area contributed by atoms with E-state index in [1.807, 2.05) is 24.0 Å². The molecule has 1 aromatic carbocycles. The molecule has 1 unspecified atom stereocenters. The van der Waals surface area contributed by atoms with Crippen molar-refractivity contribution in [3.8, 4) is 0 Å². The number of amides is 1. The molecule has 1 saturated heterocycles. The second-order valence-corrected chi connectivity index (χ2v) is 6.43. The van der Waals surface area contributed by atoms with Crippen LogP contribution in [0.2, 0.25) is 0 Å². The number of morpholine rings is 1. The number of benzene rings is 1. The van der Waals surface area contributed by atoms with Crippen molar-refractivity contribution in [2.45, 2.75) is 13.0 Å². The number of rotatable bonds is 5. The third-order valence-electron chi connectivity index (χ3n) is 4.86. The maximum atomic E-state index is 13.2. The second kappa shape index (κ2) is 8.13. The summed E-state index contributed by atoms with van der Waals surface area (Å²) in [5, 5.41) is 11.2. The predicted octanol–water partition coefficient (Wildman–Crippen LogP) is 2.66. The topological polar surface area (TPSA) is 88.8 Å². The van der Waals surface area contributed by atoms with Crippen LogP contribution in [-0.4, -0.2) is 54.1 Å². The Morgan fingerprint density at radius 1 is 1.26 bits per heavy atom. The zero-order valence-corrected chi connectivity index (χ0v) is 15.4. The van der Waals surface area contributed by atoms with Crippen molar-refractivity contribution in [2.24, 2.45) is 0 Å². The van der Waals surface area contributed by atoms with Gasteiger partial charge in [0.25, 0.3) is 11.6 Å². The average Bonchev–Trinajstić information content (AvgIpc) is 2.73. The quantitative estimate of drug-likeness (QED) is 0.594. The minimum Gasteiger partial charge on any atom is -0.378 e. The largest absolute Gasteiger partial charge is 0.378 e. The van der Waals surface area contributed by atoms with Gasteiger partial charge in [0.05, 0.1) is 35.4 Å². The molecule has 0 N–H and O–H groups in total. The molecule has 27 heavy (non-hydrogen) atoms. The summed E-state index contributed by atoms with van der Waals surface area (Å²) < 4.78 is 5.38. The molecule has 3 rings (SSSR count). The Morgan fingerprint density at radius 2 is 1.93 bits per heavy atom. The molecule has 8 heteroatoms. The Kier molecular flexibility index (Phi) is 5.66. The monoisotopic (exact) mass is 370 g/mol. The smallest absolute Gasteiger partial charge is 0.270 e. The van der Waals surface area contributed by atoms with E-state index in [2.05, 4.69) is 4.98 Å². The summed E-state index contributed by atoms with van der Waals surface area (Å²) in [7, 11) is 1.70. The normalized spacial score (nSPS) is 15.3. The molecule has 0 bridgehead atoms. The second-order valence-electron chi connectivity index (χ2n) is 6.43. The van der Waals surface area contributed by atoms with Crippen molar-refractivity contribution >= 4 is 17.3 Å². The Balaban J connectivity index is 1.95. The summed E-state index contributed by atoms with van der Waals surface area (Å²) in [4.78, 5) is 31.6. The average molecular weight is 370 g/mol. The molecule has 142 valence electrons. The van der Waals surface area contributed by atoms with E-state index >= 15 is 0 Å². The molecule has 2 aromatic rings. The van der Waals surface area contributed by atoms with E-state index in [-0.39, 0.29) is 17.6 Å². The minimum atomic E-state index is -0.480. The molecule has 0 spiro atoms. The number of aromatic nitrogens is 1. The molecule has 1 amide bonds. The molecular weight excluding hydrogens is 348 g/mol. The Labute approximate surface area is 157 Å². The van der Waals surface area contributed by atoms with Crippen LogP contribution in [0, 0.1) is 10.1 Å². The van der Waals surface area contributed by atoms with Gasteiger partial charge in [-0.15, -0.1) is 0 Å². The first-order valence-corrected chi connectivity index (χ1v) is 8.77. The third-order valence-corrected chi connectivity index (χ3v) is 4.86. The van der Waals surface area contributed by atoms with E-state index in [1.54, 1.807) is 30.4 Å². The Hall–Kier alpha value is -3.00. The van der Waals surface area contributed by atoms with Crippen LogP contribution in [0.5, 0.6) is 0 Å². The number of nitro benzene ring substituents is 1. The van der Waals surface area contributed by atoms with E-state index in [0.717, 1.165) is 5.56 Å². The zero-order chi connectivity index (χ0) is 19.4. The van der Waals surface area contributed by atoms with Crippen LogP contribution < -0.4 is 4.90 Å². The van der Waals surface area contributed by atoms with Gasteiger partial charge in [0, 0.05) is 44.7 Å². The van der Waals surface area contributed by atoms with Crippen molar-refractivity contribution in [1.82, 2.24) is 9.88 Å². The van der Waals surface area contributed by atoms with E-state index in [4.69, 9.17) is 4.74 Å². The van der Waals surface area contributed by atoms with Crippen molar-refractivity contribution in [3.05, 3.63) is 64.0 Å². The molecule has 1 aliphatic rings. The van der Waals surface area contributed by atoms with E-state index in [0.29, 0.717) is 37.6 Å². The lowest BCUT2D eigenvalue weighted by molar-refractivity contribution is -0.384. The SMILES string of the molecule is CC(c1ccncc1)N(C)C(=O)c1cc([N+](=O)[O-])ccc1N1CCOCC1. The number of ether oxygens (including phenoxy) is 1. The maximum absolute atomic E-state index is 13.2. The number of pyridine rings is 1. The van der Waals surface area contributed by atoms with E-state index in [9.17, 15) is 14.9 Å². The number of non-ortho nitro benzene ring substituents is 1. The fourth-order valence-corrected chi connectivity index (χ4v) is 3.12. The van der Waals surface area contributed by atoms with Gasteiger partial charge in [0.15, 0.2) is 0 Å². The van der Waals surface area contributed by atoms with Crippen LogP contribution in [0.1, 0.15) is 28.9 Å². The lowest BCUT2D eigenvalue weighted by Gasteiger charge is -2.32. The molecule has 0 aliphatic carbocycles. The van der Waals surface area contributed by atoms with Gasteiger partial charge in [-0.25, -0.2) is 0 Å². The fraction of sp³-hybridized carbons (Fsp3) is 0.368. The predicted molar refractivity (Wildman–Crippen MR) is 101 cm³/mol. The molecular formula is C19H22N4O4. The molecule has 2 heterocycles. The van der Waals surface area contributed by atoms with Crippen molar-refractivity contribution in [3.63, 3.8) is 0 Å². The van der Waals surface area contributed by atoms with E-state index in [1.165, 1.54) is 12.1 Å². The highest BCUT2D eigenvalue weighted by Gasteiger charge is 2.26. The van der Waals surface area contributed by atoms with Crippen LogP contribution in [0.15, 0.2) is 42.7 Å². The Bertz CT molecular complexity index is 822. The van der Waals surface area contributed by atoms with Gasteiger partial charge < -0.3 is 14.5 Å². The van der Waals surface area contributed by atoms with Gasteiger partial charge in [-0.05, 0) is 30.7 Å². The highest BCUT2D eigenvalue weighted by atomic mass is 16.6. The van der Waals surface area contributed by atoms with Crippen molar-refractivity contribution in [2.75, 3.05) is 38.3 Å². The summed E-state index contributed by atoms with van der Waals surface area (Å²) in [6.07, 6.45) is 3.35. The number of hydrogen-bond donors (Lipinski definition) is 0. The summed E-state index contributed by atoms with van der Waals surface area (Å²) in [6.45, 7) is 4.32. The zero-order valence-electron chi connectivity index (χ0n) is 15.4. The maximum Gasteiger partial charge on any atom is 0.270 e. The molecule has 0 saturated carbocycles. The lowest BCUT2D eigenvalue weighted by Crippen LogP contribution is -2.38. The molecule has 1 aromatic heterocycles. The van der Waals surface area contributed by atoms with Gasteiger partial charge in [-0.3, -0.25) is 19.9 Å². The van der Waals surface area contributed by atoms with Gasteiger partial charge in [-0.2, -0.15) is 0 Å². The fourth-order valence-electron chi connectivity index (χ4n) is 3.12. The number of nitrogens with zero attached hydrogens (tertiary/aromatic N) is 4. The first-order chi connectivity index (χ1) is 13.0. The highest BCUT2D eigenvalue weighted by Crippen LogP contribution is 2.29. The molecule has 0 radical (unpaired) electrons. The number of carbonyl (C=O) groups is 1. The standard InChI is InChI=1S/C19H22N4O4/c1-14(15-5-7-20-8-6-15)21(2)19(24)17-13-16(23(25)26)3-4-18(17)22-9-11-27-12-10-22/h3-8,13-14H,9-12H2,1-2H3. The van der Waals surface area contributed by atoms with Crippen LogP contribution in [0.3, 0.4) is 0 Å². The first-order valence-electron chi connectivity index (χ1n) is 8.77. The number of anilines is 1. The van der Waals surface area contributed by atoms with Crippen LogP contribution in [0.4, 0.5) is 11.4 Å². The summed E-state index contributed by atoms with van der Waals surface area (Å²) in [5.74, 6) is -0.260. The summed E-state index contributed by atoms with van der Waals surface area (Å²) >= 11 is 0. The van der Waals surface area contributed by atoms with Crippen LogP contribution in [0.25, 0.3) is 0 Å². The summed E-state index contributed by atoms with van der Waals surface area (Å²) in [5.41, 5.74) is 1.87. The summed E-state index contributed by atoms with van der Waals surface area (Å²) in [6, 6.07) is 7.96.